The summed E-state index contributed by atoms with van der Waals surface area (Å²) in [7, 11) is 0. The fourth-order valence-corrected chi connectivity index (χ4v) is 1.88. The van der Waals surface area contributed by atoms with E-state index in [1.165, 1.54) is 6.92 Å². The predicted octanol–water partition coefficient (Wildman–Crippen LogP) is 3.41. The summed E-state index contributed by atoms with van der Waals surface area (Å²) in [6.45, 7) is 1.62. The average molecular weight is 301 g/mol. The van der Waals surface area contributed by atoms with Gasteiger partial charge in [-0.25, -0.2) is 8.78 Å². The summed E-state index contributed by atoms with van der Waals surface area (Å²) in [5.74, 6) is -2.42. The first-order chi connectivity index (χ1) is 10.5. The van der Waals surface area contributed by atoms with E-state index in [9.17, 15) is 13.6 Å². The highest BCUT2D eigenvalue weighted by Crippen LogP contribution is 2.25. The number of rotatable bonds is 4. The van der Waals surface area contributed by atoms with E-state index in [0.717, 1.165) is 17.7 Å². The Labute approximate surface area is 126 Å². The summed E-state index contributed by atoms with van der Waals surface area (Å²) >= 11 is 0. The molecule has 1 amide bonds. The Morgan fingerprint density at radius 3 is 2.27 bits per heavy atom. The van der Waals surface area contributed by atoms with Gasteiger partial charge in [0, 0.05) is 25.6 Å². The molecule has 0 bridgehead atoms. The molecule has 2 rings (SSSR count). The highest BCUT2D eigenvalue weighted by molar-refractivity contribution is 5.92. The van der Waals surface area contributed by atoms with E-state index in [2.05, 4.69) is 10.6 Å². The summed E-state index contributed by atoms with van der Waals surface area (Å²) in [6.07, 6.45) is 0. The van der Waals surface area contributed by atoms with Gasteiger partial charge in [0.25, 0.3) is 0 Å². The SMILES string of the molecule is CC(=O)Nc1cc(F)c(F)cc1NCc1ccc(C#N)cc1. The Bertz CT molecular complexity index is 736. The third-order valence-corrected chi connectivity index (χ3v) is 2.94. The van der Waals surface area contributed by atoms with Crippen molar-refractivity contribution in [2.75, 3.05) is 10.6 Å². The third kappa shape index (κ3) is 3.79. The molecule has 0 heterocycles. The molecule has 22 heavy (non-hydrogen) atoms. The molecule has 0 atom stereocenters. The van der Waals surface area contributed by atoms with Crippen molar-refractivity contribution in [1.82, 2.24) is 0 Å². The quantitative estimate of drug-likeness (QED) is 0.909. The smallest absolute Gasteiger partial charge is 0.221 e. The molecule has 2 aromatic rings. The van der Waals surface area contributed by atoms with Crippen LogP contribution in [0.15, 0.2) is 36.4 Å². The van der Waals surface area contributed by atoms with Gasteiger partial charge < -0.3 is 10.6 Å². The van der Waals surface area contributed by atoms with Crippen LogP contribution in [0.4, 0.5) is 20.2 Å². The number of carbonyl (C=O) groups excluding carboxylic acids is 1. The Hall–Kier alpha value is -2.94. The number of hydrogen-bond acceptors (Lipinski definition) is 3. The first kappa shape index (κ1) is 15.4. The zero-order valence-corrected chi connectivity index (χ0v) is 11.8. The van der Waals surface area contributed by atoms with E-state index in [1.807, 2.05) is 6.07 Å². The summed E-state index contributed by atoms with van der Waals surface area (Å²) < 4.78 is 26.6. The van der Waals surface area contributed by atoms with Crippen LogP contribution in [0.1, 0.15) is 18.1 Å². The summed E-state index contributed by atoms with van der Waals surface area (Å²) in [6, 6.07) is 10.8. The van der Waals surface area contributed by atoms with E-state index in [1.54, 1.807) is 24.3 Å². The van der Waals surface area contributed by atoms with Crippen molar-refractivity contribution in [2.24, 2.45) is 0 Å². The second-order valence-corrected chi connectivity index (χ2v) is 4.66. The maximum atomic E-state index is 13.4. The minimum absolute atomic E-state index is 0.167. The molecule has 0 aliphatic rings. The lowest BCUT2D eigenvalue weighted by atomic mass is 10.1. The van der Waals surface area contributed by atoms with Crippen LogP contribution in [-0.4, -0.2) is 5.91 Å². The van der Waals surface area contributed by atoms with E-state index >= 15 is 0 Å². The molecule has 2 aromatic carbocycles. The van der Waals surface area contributed by atoms with Gasteiger partial charge in [0.05, 0.1) is 23.0 Å². The molecular weight excluding hydrogens is 288 g/mol. The van der Waals surface area contributed by atoms with Gasteiger partial charge in [-0.1, -0.05) is 12.1 Å². The second-order valence-electron chi connectivity index (χ2n) is 4.66. The van der Waals surface area contributed by atoms with Crippen molar-refractivity contribution in [1.29, 1.82) is 5.26 Å². The van der Waals surface area contributed by atoms with Crippen molar-refractivity contribution < 1.29 is 13.6 Å². The number of nitrogens with one attached hydrogen (secondary N) is 2. The lowest BCUT2D eigenvalue weighted by molar-refractivity contribution is -0.114. The molecule has 0 spiro atoms. The number of amides is 1. The lowest BCUT2D eigenvalue weighted by Gasteiger charge is -2.13. The monoisotopic (exact) mass is 301 g/mol. The minimum Gasteiger partial charge on any atom is -0.379 e. The largest absolute Gasteiger partial charge is 0.379 e. The van der Waals surface area contributed by atoms with Crippen LogP contribution in [0.3, 0.4) is 0 Å². The maximum absolute atomic E-state index is 13.4. The zero-order chi connectivity index (χ0) is 16.1. The fraction of sp³-hybridized carbons (Fsp3) is 0.125. The van der Waals surface area contributed by atoms with Crippen LogP contribution in [0, 0.1) is 23.0 Å². The molecule has 0 aliphatic carbocycles. The molecular formula is C16H13F2N3O. The number of nitrogens with zero attached hydrogens (tertiary/aromatic N) is 1. The Morgan fingerprint density at radius 2 is 1.73 bits per heavy atom. The first-order valence-electron chi connectivity index (χ1n) is 6.49. The second kappa shape index (κ2) is 6.68. The minimum atomic E-state index is -1.03. The lowest BCUT2D eigenvalue weighted by Crippen LogP contribution is -2.10. The molecule has 4 nitrogen and oxygen atoms in total. The van der Waals surface area contributed by atoms with Gasteiger partial charge in [0.1, 0.15) is 0 Å². The van der Waals surface area contributed by atoms with Crippen molar-refractivity contribution in [3.05, 3.63) is 59.2 Å². The molecule has 0 aromatic heterocycles. The number of carbonyl (C=O) groups is 1. The first-order valence-corrected chi connectivity index (χ1v) is 6.49. The van der Waals surface area contributed by atoms with Crippen LogP contribution in [0.5, 0.6) is 0 Å². The van der Waals surface area contributed by atoms with Gasteiger partial charge in [-0.15, -0.1) is 0 Å². The predicted molar refractivity (Wildman–Crippen MR) is 79.1 cm³/mol. The van der Waals surface area contributed by atoms with E-state index in [0.29, 0.717) is 12.1 Å². The van der Waals surface area contributed by atoms with E-state index in [4.69, 9.17) is 5.26 Å². The standard InChI is InChI=1S/C16H13F2N3O/c1-10(22)21-16-7-14(18)13(17)6-15(16)20-9-12-4-2-11(8-19)3-5-12/h2-7,20H,9H2,1H3,(H,21,22). The molecule has 0 aliphatic heterocycles. The molecule has 6 heteroatoms. The van der Waals surface area contributed by atoms with Gasteiger partial charge in [-0.05, 0) is 17.7 Å². The number of nitriles is 1. The molecule has 112 valence electrons. The van der Waals surface area contributed by atoms with Crippen molar-refractivity contribution in [3.63, 3.8) is 0 Å². The topological polar surface area (TPSA) is 64.9 Å². The molecule has 0 radical (unpaired) electrons. The van der Waals surface area contributed by atoms with E-state index < -0.39 is 11.6 Å². The van der Waals surface area contributed by atoms with Crippen LogP contribution in [0.25, 0.3) is 0 Å². The Kier molecular flexibility index (Phi) is 4.69. The number of hydrogen-bond donors (Lipinski definition) is 2. The number of halogens is 2. The van der Waals surface area contributed by atoms with Gasteiger partial charge in [0.15, 0.2) is 11.6 Å². The van der Waals surface area contributed by atoms with Gasteiger partial charge in [0.2, 0.25) is 5.91 Å². The maximum Gasteiger partial charge on any atom is 0.221 e. The Balaban J connectivity index is 2.18. The fourth-order valence-electron chi connectivity index (χ4n) is 1.88. The van der Waals surface area contributed by atoms with Crippen molar-refractivity contribution in [3.8, 4) is 6.07 Å². The van der Waals surface area contributed by atoms with Crippen LogP contribution in [-0.2, 0) is 11.3 Å². The van der Waals surface area contributed by atoms with Gasteiger partial charge in [-0.3, -0.25) is 4.79 Å². The van der Waals surface area contributed by atoms with Gasteiger partial charge >= 0.3 is 0 Å². The van der Waals surface area contributed by atoms with Crippen molar-refractivity contribution in [2.45, 2.75) is 13.5 Å². The van der Waals surface area contributed by atoms with Crippen LogP contribution < -0.4 is 10.6 Å². The van der Waals surface area contributed by atoms with E-state index in [-0.39, 0.29) is 17.3 Å². The molecule has 0 saturated heterocycles. The van der Waals surface area contributed by atoms with Gasteiger partial charge in [-0.2, -0.15) is 5.26 Å². The summed E-state index contributed by atoms with van der Waals surface area (Å²) in [5.41, 5.74) is 1.84. The zero-order valence-electron chi connectivity index (χ0n) is 11.8. The normalized spacial score (nSPS) is 9.91. The average Bonchev–Trinajstić information content (AvgIpc) is 2.49. The molecule has 2 N–H and O–H groups in total. The highest BCUT2D eigenvalue weighted by Gasteiger charge is 2.11. The summed E-state index contributed by atoms with van der Waals surface area (Å²) in [5, 5.41) is 14.1. The number of benzene rings is 2. The summed E-state index contributed by atoms with van der Waals surface area (Å²) in [4.78, 5) is 11.1. The van der Waals surface area contributed by atoms with Crippen LogP contribution >= 0.6 is 0 Å². The number of anilines is 2. The van der Waals surface area contributed by atoms with Crippen LogP contribution in [0.2, 0.25) is 0 Å². The van der Waals surface area contributed by atoms with Crippen molar-refractivity contribution >= 4 is 17.3 Å². The molecule has 0 fully saturated rings. The Morgan fingerprint density at radius 1 is 1.14 bits per heavy atom. The highest BCUT2D eigenvalue weighted by atomic mass is 19.2. The molecule has 0 unspecified atom stereocenters. The molecule has 0 saturated carbocycles. The third-order valence-electron chi connectivity index (χ3n) is 2.94.